The Kier molecular flexibility index (Phi) is 6.59. The van der Waals surface area contributed by atoms with Gasteiger partial charge in [-0.1, -0.05) is 42.1 Å². The van der Waals surface area contributed by atoms with Crippen molar-refractivity contribution in [1.82, 2.24) is 15.0 Å². The van der Waals surface area contributed by atoms with E-state index in [4.69, 9.17) is 0 Å². The van der Waals surface area contributed by atoms with Gasteiger partial charge in [0.2, 0.25) is 0 Å². The van der Waals surface area contributed by atoms with Crippen LogP contribution in [0.3, 0.4) is 0 Å². The third-order valence-electron chi connectivity index (χ3n) is 4.86. The van der Waals surface area contributed by atoms with Gasteiger partial charge < -0.3 is 5.32 Å². The molecule has 0 aliphatic rings. The van der Waals surface area contributed by atoms with E-state index in [2.05, 4.69) is 57.5 Å². The number of aryl methyl sites for hydroxylation is 2. The highest BCUT2D eigenvalue weighted by atomic mass is 32.2. The van der Waals surface area contributed by atoms with Gasteiger partial charge in [-0.25, -0.2) is 14.4 Å². The predicted octanol–water partition coefficient (Wildman–Crippen LogP) is 6.30. The van der Waals surface area contributed by atoms with Crippen LogP contribution in [0.1, 0.15) is 22.6 Å². The number of anilines is 1. The molecule has 0 unspecified atom stereocenters. The number of fused-ring (bicyclic) bond motifs is 1. The third kappa shape index (κ3) is 4.79. The Bertz CT molecular complexity index is 1120. The highest BCUT2D eigenvalue weighted by molar-refractivity contribution is 7.98. The lowest BCUT2D eigenvalue weighted by Gasteiger charge is -2.09. The van der Waals surface area contributed by atoms with Gasteiger partial charge in [-0.3, -0.25) is 4.98 Å². The van der Waals surface area contributed by atoms with Gasteiger partial charge in [-0.2, -0.15) is 0 Å². The number of halogens is 1. The number of rotatable bonds is 8. The SMILES string of the molecule is CSc1nc(NCCCc2ccc(-c3ccc(CF)nc3)cc2)c2cc(C)sc2n1. The van der Waals surface area contributed by atoms with Gasteiger partial charge in [0.05, 0.1) is 11.1 Å². The van der Waals surface area contributed by atoms with Gasteiger partial charge in [-0.05, 0) is 49.3 Å². The number of pyridine rings is 1. The summed E-state index contributed by atoms with van der Waals surface area (Å²) in [5.41, 5.74) is 3.85. The molecule has 3 aromatic heterocycles. The van der Waals surface area contributed by atoms with Crippen molar-refractivity contribution in [1.29, 1.82) is 0 Å². The van der Waals surface area contributed by atoms with E-state index in [1.54, 1.807) is 35.4 Å². The fourth-order valence-electron chi connectivity index (χ4n) is 3.29. The second-order valence-electron chi connectivity index (χ2n) is 7.03. The number of nitrogens with one attached hydrogen (secondary N) is 1. The highest BCUT2D eigenvalue weighted by Gasteiger charge is 2.10. The molecule has 7 heteroatoms. The molecule has 0 saturated carbocycles. The van der Waals surface area contributed by atoms with Crippen LogP contribution in [0.5, 0.6) is 0 Å². The van der Waals surface area contributed by atoms with E-state index in [0.717, 1.165) is 51.7 Å². The van der Waals surface area contributed by atoms with Gasteiger partial charge in [-0.15, -0.1) is 11.3 Å². The molecule has 3 heterocycles. The first-order valence-electron chi connectivity index (χ1n) is 9.82. The number of hydrogen-bond donors (Lipinski definition) is 1. The van der Waals surface area contributed by atoms with Crippen molar-refractivity contribution >= 4 is 39.1 Å². The van der Waals surface area contributed by atoms with Crippen LogP contribution < -0.4 is 5.32 Å². The normalized spacial score (nSPS) is 11.2. The first-order chi connectivity index (χ1) is 14.7. The minimum atomic E-state index is -0.529. The molecule has 4 aromatic rings. The van der Waals surface area contributed by atoms with E-state index < -0.39 is 6.67 Å². The summed E-state index contributed by atoms with van der Waals surface area (Å²) in [6.45, 7) is 2.42. The van der Waals surface area contributed by atoms with Gasteiger partial charge in [0, 0.05) is 23.2 Å². The van der Waals surface area contributed by atoms with Crippen molar-refractivity contribution in [3.05, 3.63) is 64.8 Å². The molecule has 0 fully saturated rings. The van der Waals surface area contributed by atoms with Crippen LogP contribution in [0, 0.1) is 6.92 Å². The van der Waals surface area contributed by atoms with Crippen molar-refractivity contribution < 1.29 is 4.39 Å². The fraction of sp³-hybridized carbons (Fsp3) is 0.261. The van der Waals surface area contributed by atoms with Crippen LogP contribution in [0.15, 0.2) is 53.8 Å². The number of aromatic nitrogens is 3. The number of hydrogen-bond acceptors (Lipinski definition) is 6. The average molecular weight is 439 g/mol. The highest BCUT2D eigenvalue weighted by Crippen LogP contribution is 2.30. The van der Waals surface area contributed by atoms with Crippen LogP contribution in [0.2, 0.25) is 0 Å². The van der Waals surface area contributed by atoms with Gasteiger partial charge in [0.1, 0.15) is 17.3 Å². The van der Waals surface area contributed by atoms with E-state index in [1.807, 2.05) is 12.3 Å². The molecule has 0 aliphatic carbocycles. The molecule has 4 nitrogen and oxygen atoms in total. The molecule has 1 N–H and O–H groups in total. The largest absolute Gasteiger partial charge is 0.369 e. The Labute approximate surface area is 184 Å². The maximum absolute atomic E-state index is 12.6. The van der Waals surface area contributed by atoms with E-state index in [0.29, 0.717) is 5.69 Å². The molecule has 1 aromatic carbocycles. The maximum Gasteiger partial charge on any atom is 0.190 e. The van der Waals surface area contributed by atoms with E-state index in [-0.39, 0.29) is 0 Å². The average Bonchev–Trinajstić information content (AvgIpc) is 3.17. The Morgan fingerprint density at radius 2 is 1.87 bits per heavy atom. The number of thioether (sulfide) groups is 1. The van der Waals surface area contributed by atoms with Crippen molar-refractivity contribution in [3.63, 3.8) is 0 Å². The quantitative estimate of drug-likeness (QED) is 0.199. The van der Waals surface area contributed by atoms with Crippen molar-refractivity contribution in [2.75, 3.05) is 18.1 Å². The molecular weight excluding hydrogens is 415 g/mol. The predicted molar refractivity (Wildman–Crippen MR) is 125 cm³/mol. The fourth-order valence-corrected chi connectivity index (χ4v) is 4.59. The van der Waals surface area contributed by atoms with Crippen LogP contribution in [0.25, 0.3) is 21.3 Å². The zero-order chi connectivity index (χ0) is 20.9. The summed E-state index contributed by atoms with van der Waals surface area (Å²) in [7, 11) is 0. The van der Waals surface area contributed by atoms with Gasteiger partial charge in [0.15, 0.2) is 5.16 Å². The minimum absolute atomic E-state index is 0.464. The van der Waals surface area contributed by atoms with Crippen LogP contribution in [-0.2, 0) is 13.1 Å². The summed E-state index contributed by atoms with van der Waals surface area (Å²) in [6, 6.07) is 14.3. The summed E-state index contributed by atoms with van der Waals surface area (Å²) in [6.07, 6.45) is 5.72. The van der Waals surface area contributed by atoms with Crippen molar-refractivity contribution in [2.45, 2.75) is 31.6 Å². The second kappa shape index (κ2) is 9.53. The van der Waals surface area contributed by atoms with E-state index in [9.17, 15) is 4.39 Å². The Balaban J connectivity index is 1.35. The molecule has 0 aliphatic heterocycles. The molecule has 0 amide bonds. The number of benzene rings is 1. The summed E-state index contributed by atoms with van der Waals surface area (Å²) >= 11 is 3.27. The molecule has 0 saturated heterocycles. The van der Waals surface area contributed by atoms with Gasteiger partial charge >= 0.3 is 0 Å². The lowest BCUT2D eigenvalue weighted by atomic mass is 10.0. The number of alkyl halides is 1. The summed E-state index contributed by atoms with van der Waals surface area (Å²) in [5.74, 6) is 0.924. The Morgan fingerprint density at radius 1 is 1.07 bits per heavy atom. The molecule has 0 bridgehead atoms. The van der Waals surface area contributed by atoms with Gasteiger partial charge in [0.25, 0.3) is 0 Å². The maximum atomic E-state index is 12.6. The number of thiophene rings is 1. The lowest BCUT2D eigenvalue weighted by molar-refractivity contribution is 0.476. The van der Waals surface area contributed by atoms with Crippen LogP contribution in [-0.4, -0.2) is 27.8 Å². The zero-order valence-electron chi connectivity index (χ0n) is 17.0. The molecule has 0 radical (unpaired) electrons. The standard InChI is InChI=1S/C23H23FN4S2/c1-15-12-20-21(27-23(29-2)28-22(20)30-15)25-11-3-4-16-5-7-17(8-6-16)18-9-10-19(13-24)26-14-18/h5-10,12,14H,3-4,11,13H2,1-2H3,(H,25,27,28). The first kappa shape index (κ1) is 20.8. The second-order valence-corrected chi connectivity index (χ2v) is 9.04. The molecule has 154 valence electrons. The van der Waals surface area contributed by atoms with Crippen molar-refractivity contribution in [3.8, 4) is 11.1 Å². The Morgan fingerprint density at radius 3 is 2.57 bits per heavy atom. The first-order valence-corrected chi connectivity index (χ1v) is 11.9. The van der Waals surface area contributed by atoms with E-state index in [1.165, 1.54) is 10.4 Å². The summed E-state index contributed by atoms with van der Waals surface area (Å²) in [4.78, 5) is 15.7. The third-order valence-corrected chi connectivity index (χ3v) is 6.35. The zero-order valence-corrected chi connectivity index (χ0v) is 18.6. The molecular formula is C23H23FN4S2. The Hall–Kier alpha value is -2.51. The van der Waals surface area contributed by atoms with Crippen LogP contribution >= 0.6 is 23.1 Å². The van der Waals surface area contributed by atoms with Crippen LogP contribution in [0.4, 0.5) is 10.2 Å². The smallest absolute Gasteiger partial charge is 0.190 e. The summed E-state index contributed by atoms with van der Waals surface area (Å²) < 4.78 is 12.6. The minimum Gasteiger partial charge on any atom is -0.369 e. The lowest BCUT2D eigenvalue weighted by Crippen LogP contribution is -2.06. The summed E-state index contributed by atoms with van der Waals surface area (Å²) in [5, 5.41) is 5.40. The number of nitrogens with zero attached hydrogens (tertiary/aromatic N) is 3. The molecule has 4 rings (SSSR count). The molecule has 0 atom stereocenters. The molecule has 0 spiro atoms. The van der Waals surface area contributed by atoms with Crippen molar-refractivity contribution in [2.24, 2.45) is 0 Å². The molecule has 30 heavy (non-hydrogen) atoms. The monoisotopic (exact) mass is 438 g/mol. The van der Waals surface area contributed by atoms with E-state index >= 15 is 0 Å². The topological polar surface area (TPSA) is 50.7 Å².